The molecule has 0 saturated carbocycles. The van der Waals surface area contributed by atoms with Gasteiger partial charge in [-0.15, -0.1) is 0 Å². The predicted molar refractivity (Wildman–Crippen MR) is 100 cm³/mol. The Morgan fingerprint density at radius 3 is 2.19 bits per heavy atom. The van der Waals surface area contributed by atoms with Gasteiger partial charge in [0.25, 0.3) is 0 Å². The second kappa shape index (κ2) is 8.13. The molecule has 0 aliphatic carbocycles. The third-order valence-corrected chi connectivity index (χ3v) is 5.74. The van der Waals surface area contributed by atoms with E-state index in [0.717, 1.165) is 23.7 Å². The van der Waals surface area contributed by atoms with Crippen molar-refractivity contribution in [1.29, 1.82) is 0 Å². The molecule has 146 valence electrons. The number of sulfonamides is 1. The summed E-state index contributed by atoms with van der Waals surface area (Å²) in [5, 5.41) is 0. The minimum absolute atomic E-state index is 0.210. The average molecular weight is 385 g/mol. The van der Waals surface area contributed by atoms with Crippen molar-refractivity contribution in [3.63, 3.8) is 0 Å². The van der Waals surface area contributed by atoms with Crippen molar-refractivity contribution in [3.8, 4) is 11.5 Å². The minimum Gasteiger partial charge on any atom is -0.493 e. The highest BCUT2D eigenvalue weighted by atomic mass is 32.2. The van der Waals surface area contributed by atoms with Crippen molar-refractivity contribution >= 4 is 21.6 Å². The van der Waals surface area contributed by atoms with Crippen LogP contribution in [0.2, 0.25) is 0 Å². The van der Waals surface area contributed by atoms with E-state index in [-0.39, 0.29) is 5.91 Å². The summed E-state index contributed by atoms with van der Waals surface area (Å²) >= 11 is 0. The van der Waals surface area contributed by atoms with Gasteiger partial charge in [0.2, 0.25) is 15.9 Å². The monoisotopic (exact) mass is 385 g/mol. The van der Waals surface area contributed by atoms with Crippen LogP contribution in [0.15, 0.2) is 18.2 Å². The Hall–Kier alpha value is -2.00. The molecule has 1 aromatic carbocycles. The second-order valence-corrected chi connectivity index (χ2v) is 8.26. The van der Waals surface area contributed by atoms with Crippen molar-refractivity contribution < 1.29 is 22.7 Å². The van der Waals surface area contributed by atoms with Crippen LogP contribution in [0.5, 0.6) is 11.5 Å². The Kier molecular flexibility index (Phi) is 6.35. The zero-order valence-electron chi connectivity index (χ0n) is 15.9. The van der Waals surface area contributed by atoms with Crippen LogP contribution < -0.4 is 13.8 Å². The molecule has 1 aliphatic rings. The molecule has 1 aromatic rings. The number of anilines is 1. The molecule has 1 amide bonds. The fourth-order valence-corrected chi connectivity index (χ4v) is 4.22. The molecule has 26 heavy (non-hydrogen) atoms. The van der Waals surface area contributed by atoms with Gasteiger partial charge in [-0.25, -0.2) is 8.42 Å². The maximum absolute atomic E-state index is 12.9. The molecule has 0 radical (unpaired) electrons. The molecule has 1 aliphatic heterocycles. The maximum atomic E-state index is 12.9. The first kappa shape index (κ1) is 20.3. The minimum atomic E-state index is -3.68. The van der Waals surface area contributed by atoms with Gasteiger partial charge in [0.1, 0.15) is 6.04 Å². The van der Waals surface area contributed by atoms with Crippen molar-refractivity contribution in [1.82, 2.24) is 9.80 Å². The van der Waals surface area contributed by atoms with Crippen molar-refractivity contribution in [3.05, 3.63) is 18.2 Å². The average Bonchev–Trinajstić information content (AvgIpc) is 2.60. The number of hydrogen-bond donors (Lipinski definition) is 0. The van der Waals surface area contributed by atoms with Crippen molar-refractivity contribution in [2.45, 2.75) is 13.0 Å². The smallest absolute Gasteiger partial charge is 0.246 e. The normalized spacial score (nSPS) is 16.9. The Labute approximate surface area is 155 Å². The van der Waals surface area contributed by atoms with E-state index in [9.17, 15) is 13.2 Å². The van der Waals surface area contributed by atoms with E-state index in [1.165, 1.54) is 14.2 Å². The lowest BCUT2D eigenvalue weighted by atomic mass is 10.2. The van der Waals surface area contributed by atoms with Crippen LogP contribution in [-0.2, 0) is 14.8 Å². The fraction of sp³-hybridized carbons (Fsp3) is 0.588. The number of hydrogen-bond acceptors (Lipinski definition) is 6. The Morgan fingerprint density at radius 2 is 1.69 bits per heavy atom. The molecular weight excluding hydrogens is 358 g/mol. The van der Waals surface area contributed by atoms with Crippen LogP contribution >= 0.6 is 0 Å². The van der Waals surface area contributed by atoms with E-state index >= 15 is 0 Å². The number of piperazine rings is 1. The van der Waals surface area contributed by atoms with Crippen LogP contribution in [0.4, 0.5) is 5.69 Å². The van der Waals surface area contributed by atoms with E-state index in [1.807, 2.05) is 7.05 Å². The number of nitrogens with zero attached hydrogens (tertiary/aromatic N) is 3. The SMILES string of the molecule is COc1ccc(N([C@@H](C)C(=O)N2CCN(C)CC2)S(C)(=O)=O)cc1OC. The number of carbonyl (C=O) groups excluding carboxylic acids is 1. The summed E-state index contributed by atoms with van der Waals surface area (Å²) < 4.78 is 36.5. The van der Waals surface area contributed by atoms with Gasteiger partial charge in [-0.1, -0.05) is 0 Å². The first-order valence-electron chi connectivity index (χ1n) is 8.37. The number of methoxy groups -OCH3 is 2. The molecular formula is C17H27N3O5S. The summed E-state index contributed by atoms with van der Waals surface area (Å²) in [5.41, 5.74) is 0.361. The molecule has 2 rings (SSSR count). The van der Waals surface area contributed by atoms with Crippen LogP contribution in [-0.4, -0.2) is 83.9 Å². The molecule has 0 unspecified atom stereocenters. The zero-order chi connectivity index (χ0) is 19.5. The highest BCUT2D eigenvalue weighted by Gasteiger charge is 2.33. The van der Waals surface area contributed by atoms with Gasteiger partial charge in [-0.05, 0) is 26.1 Å². The molecule has 0 spiro atoms. The molecule has 1 saturated heterocycles. The molecule has 9 heteroatoms. The van der Waals surface area contributed by atoms with Gasteiger partial charge in [0.05, 0.1) is 26.2 Å². The third kappa shape index (κ3) is 4.39. The van der Waals surface area contributed by atoms with Gasteiger partial charge >= 0.3 is 0 Å². The van der Waals surface area contributed by atoms with E-state index in [2.05, 4.69) is 4.90 Å². The highest BCUT2D eigenvalue weighted by Crippen LogP contribution is 2.33. The van der Waals surface area contributed by atoms with Crippen LogP contribution in [0.3, 0.4) is 0 Å². The summed E-state index contributed by atoms with van der Waals surface area (Å²) in [6.07, 6.45) is 1.09. The van der Waals surface area contributed by atoms with Gasteiger partial charge in [-0.2, -0.15) is 0 Å². The quantitative estimate of drug-likeness (QED) is 0.715. The topological polar surface area (TPSA) is 79.4 Å². The molecule has 8 nitrogen and oxygen atoms in total. The summed E-state index contributed by atoms with van der Waals surface area (Å²) in [7, 11) is 1.30. The molecule has 0 aromatic heterocycles. The number of rotatable bonds is 6. The lowest BCUT2D eigenvalue weighted by Gasteiger charge is -2.37. The van der Waals surface area contributed by atoms with E-state index in [1.54, 1.807) is 30.0 Å². The van der Waals surface area contributed by atoms with Crippen LogP contribution in [0, 0.1) is 0 Å². The largest absolute Gasteiger partial charge is 0.493 e. The molecule has 0 N–H and O–H groups in total. The lowest BCUT2D eigenvalue weighted by molar-refractivity contribution is -0.133. The van der Waals surface area contributed by atoms with Crippen LogP contribution in [0.1, 0.15) is 6.92 Å². The summed E-state index contributed by atoms with van der Waals surface area (Å²) in [6.45, 7) is 4.33. The Bertz CT molecular complexity index is 745. The number of benzene rings is 1. The fourth-order valence-electron chi connectivity index (χ4n) is 3.06. The summed E-state index contributed by atoms with van der Waals surface area (Å²) in [4.78, 5) is 16.7. The summed E-state index contributed by atoms with van der Waals surface area (Å²) in [6, 6.07) is 3.94. The van der Waals surface area contributed by atoms with Gasteiger partial charge in [-0.3, -0.25) is 9.10 Å². The van der Waals surface area contributed by atoms with E-state index in [0.29, 0.717) is 30.3 Å². The highest BCUT2D eigenvalue weighted by molar-refractivity contribution is 7.92. The molecule has 1 fully saturated rings. The zero-order valence-corrected chi connectivity index (χ0v) is 16.7. The molecule has 1 heterocycles. The van der Waals surface area contributed by atoms with Gasteiger partial charge in [0, 0.05) is 32.2 Å². The van der Waals surface area contributed by atoms with Crippen molar-refractivity contribution in [2.24, 2.45) is 0 Å². The Morgan fingerprint density at radius 1 is 1.12 bits per heavy atom. The Balaban J connectivity index is 2.34. The number of carbonyl (C=O) groups is 1. The standard InChI is InChI=1S/C17H27N3O5S/c1-13(17(21)19-10-8-18(2)9-11-19)20(26(5,22)23)14-6-7-15(24-3)16(12-14)25-4/h6-7,12-13H,8-11H2,1-5H3/t13-/m0/s1. The van der Waals surface area contributed by atoms with Crippen LogP contribution in [0.25, 0.3) is 0 Å². The summed E-state index contributed by atoms with van der Waals surface area (Å²) in [5.74, 6) is 0.680. The van der Waals surface area contributed by atoms with E-state index < -0.39 is 16.1 Å². The van der Waals surface area contributed by atoms with Crippen molar-refractivity contribution in [2.75, 3.05) is 58.0 Å². The lowest BCUT2D eigenvalue weighted by Crippen LogP contribution is -2.54. The predicted octanol–water partition coefficient (Wildman–Crippen LogP) is 0.632. The first-order valence-corrected chi connectivity index (χ1v) is 10.2. The van der Waals surface area contributed by atoms with Gasteiger partial charge < -0.3 is 19.3 Å². The van der Waals surface area contributed by atoms with Gasteiger partial charge in [0.15, 0.2) is 11.5 Å². The number of amides is 1. The number of likely N-dealkylation sites (N-methyl/N-ethyl adjacent to an activating group) is 1. The number of ether oxygens (including phenoxy) is 2. The third-order valence-electron chi connectivity index (χ3n) is 4.50. The van der Waals surface area contributed by atoms with E-state index in [4.69, 9.17) is 9.47 Å². The first-order chi connectivity index (χ1) is 12.2. The second-order valence-electron chi connectivity index (χ2n) is 6.40. The molecule has 0 bridgehead atoms. The maximum Gasteiger partial charge on any atom is 0.246 e. The molecule has 1 atom stereocenters.